The third kappa shape index (κ3) is 2.62. The second-order valence-electron chi connectivity index (χ2n) is 4.43. The molecule has 1 unspecified atom stereocenters. The molecule has 3 heterocycles. The van der Waals surface area contributed by atoms with Gasteiger partial charge in [0.15, 0.2) is 0 Å². The minimum atomic E-state index is -0.275. The first-order valence-corrected chi connectivity index (χ1v) is 8.04. The van der Waals surface area contributed by atoms with Gasteiger partial charge in [-0.25, -0.2) is 4.98 Å². The zero-order valence-corrected chi connectivity index (χ0v) is 12.3. The summed E-state index contributed by atoms with van der Waals surface area (Å²) in [4.78, 5) is 19.6. The Kier molecular flexibility index (Phi) is 4.11. The summed E-state index contributed by atoms with van der Waals surface area (Å²) in [6.07, 6.45) is 0. The number of aliphatic hydroxyl groups is 1. The summed E-state index contributed by atoms with van der Waals surface area (Å²) in [7, 11) is 0. The summed E-state index contributed by atoms with van der Waals surface area (Å²) in [5.74, 6) is -0.133. The number of thiophene rings is 1. The predicted molar refractivity (Wildman–Crippen MR) is 78.2 cm³/mol. The molecule has 1 saturated heterocycles. The molecular formula is C13H14N2O3S2. The van der Waals surface area contributed by atoms with Gasteiger partial charge < -0.3 is 14.7 Å². The lowest BCUT2D eigenvalue weighted by Gasteiger charge is -2.33. The highest BCUT2D eigenvalue weighted by Crippen LogP contribution is 2.28. The van der Waals surface area contributed by atoms with E-state index in [1.54, 1.807) is 21.6 Å². The van der Waals surface area contributed by atoms with Gasteiger partial charge in [0.2, 0.25) is 0 Å². The molecule has 1 N–H and O–H groups in total. The topological polar surface area (TPSA) is 62.7 Å². The first kappa shape index (κ1) is 13.7. The SMILES string of the molecule is O=C(c1csc(-c2cccs2)n1)N1CCOCC1CO. The summed E-state index contributed by atoms with van der Waals surface area (Å²) in [5, 5.41) is 13.9. The van der Waals surface area contributed by atoms with Crippen LogP contribution in [-0.4, -0.2) is 53.3 Å². The average Bonchev–Trinajstić information content (AvgIpc) is 3.16. The molecular weight excluding hydrogens is 296 g/mol. The molecule has 0 saturated carbocycles. The zero-order chi connectivity index (χ0) is 13.9. The van der Waals surface area contributed by atoms with Crippen molar-refractivity contribution in [3.63, 3.8) is 0 Å². The normalized spacial score (nSPS) is 19.2. The monoisotopic (exact) mass is 310 g/mol. The average molecular weight is 310 g/mol. The maximum atomic E-state index is 12.5. The van der Waals surface area contributed by atoms with Crippen molar-refractivity contribution in [3.8, 4) is 9.88 Å². The molecule has 0 aromatic carbocycles. The van der Waals surface area contributed by atoms with Crippen LogP contribution < -0.4 is 0 Å². The first-order chi connectivity index (χ1) is 9.79. The highest BCUT2D eigenvalue weighted by atomic mass is 32.1. The number of amides is 1. The smallest absolute Gasteiger partial charge is 0.273 e. The highest BCUT2D eigenvalue weighted by molar-refractivity contribution is 7.20. The number of ether oxygens (including phenoxy) is 1. The van der Waals surface area contributed by atoms with E-state index in [9.17, 15) is 9.90 Å². The van der Waals surface area contributed by atoms with Crippen molar-refractivity contribution in [1.29, 1.82) is 0 Å². The maximum Gasteiger partial charge on any atom is 0.273 e. The molecule has 0 bridgehead atoms. The Labute approximate surface area is 124 Å². The number of aromatic nitrogens is 1. The van der Waals surface area contributed by atoms with Crippen LogP contribution in [0.3, 0.4) is 0 Å². The lowest BCUT2D eigenvalue weighted by Crippen LogP contribution is -2.50. The molecule has 1 aliphatic heterocycles. The van der Waals surface area contributed by atoms with Crippen molar-refractivity contribution in [2.45, 2.75) is 6.04 Å². The van der Waals surface area contributed by atoms with Crippen LogP contribution in [0.2, 0.25) is 0 Å². The lowest BCUT2D eigenvalue weighted by atomic mass is 10.2. The standard InChI is InChI=1S/C13H14N2O3S2/c16-6-9-7-18-4-3-15(9)13(17)10-8-20-12(14-10)11-2-1-5-19-11/h1-2,5,8-9,16H,3-4,6-7H2. The quantitative estimate of drug-likeness (QED) is 0.937. The number of thiazole rings is 1. The lowest BCUT2D eigenvalue weighted by molar-refractivity contribution is -0.0186. The molecule has 5 nitrogen and oxygen atoms in total. The van der Waals surface area contributed by atoms with Gasteiger partial charge in [-0.15, -0.1) is 22.7 Å². The van der Waals surface area contributed by atoms with E-state index in [4.69, 9.17) is 4.74 Å². The largest absolute Gasteiger partial charge is 0.394 e. The molecule has 7 heteroatoms. The highest BCUT2D eigenvalue weighted by Gasteiger charge is 2.28. The number of carbonyl (C=O) groups is 1. The van der Waals surface area contributed by atoms with Crippen molar-refractivity contribution in [1.82, 2.24) is 9.88 Å². The van der Waals surface area contributed by atoms with Gasteiger partial charge in [-0.3, -0.25) is 4.79 Å². The van der Waals surface area contributed by atoms with Gasteiger partial charge in [-0.1, -0.05) is 6.07 Å². The Balaban J connectivity index is 1.80. The van der Waals surface area contributed by atoms with Crippen molar-refractivity contribution in [3.05, 3.63) is 28.6 Å². The molecule has 20 heavy (non-hydrogen) atoms. The Bertz CT molecular complexity index is 582. The van der Waals surface area contributed by atoms with Crippen molar-refractivity contribution < 1.29 is 14.6 Å². The Morgan fingerprint density at radius 3 is 3.20 bits per heavy atom. The molecule has 0 aliphatic carbocycles. The van der Waals surface area contributed by atoms with Crippen LogP contribution >= 0.6 is 22.7 Å². The van der Waals surface area contributed by atoms with E-state index in [0.29, 0.717) is 25.5 Å². The molecule has 2 aromatic rings. The first-order valence-electron chi connectivity index (χ1n) is 6.28. The van der Waals surface area contributed by atoms with Crippen LogP contribution in [0, 0.1) is 0 Å². The maximum absolute atomic E-state index is 12.5. The molecule has 106 valence electrons. The number of carbonyl (C=O) groups excluding carboxylic acids is 1. The van der Waals surface area contributed by atoms with Gasteiger partial charge >= 0.3 is 0 Å². The van der Waals surface area contributed by atoms with Gasteiger partial charge in [0.1, 0.15) is 10.7 Å². The van der Waals surface area contributed by atoms with E-state index in [0.717, 1.165) is 9.88 Å². The summed E-state index contributed by atoms with van der Waals surface area (Å²) in [6, 6.07) is 3.68. The molecule has 1 aliphatic rings. The van der Waals surface area contributed by atoms with Gasteiger partial charge in [-0.2, -0.15) is 0 Å². The minimum Gasteiger partial charge on any atom is -0.394 e. The Hall–Kier alpha value is -1.28. The summed E-state index contributed by atoms with van der Waals surface area (Å²) in [5.41, 5.74) is 0.443. The van der Waals surface area contributed by atoms with E-state index in [2.05, 4.69) is 4.98 Å². The van der Waals surface area contributed by atoms with Crippen molar-refractivity contribution in [2.24, 2.45) is 0 Å². The molecule has 1 amide bonds. The number of hydrogen-bond acceptors (Lipinski definition) is 6. The number of hydrogen-bond donors (Lipinski definition) is 1. The predicted octanol–water partition coefficient (Wildman–Crippen LogP) is 1.70. The third-order valence-electron chi connectivity index (χ3n) is 3.15. The zero-order valence-electron chi connectivity index (χ0n) is 10.7. The number of rotatable bonds is 3. The number of morpholine rings is 1. The van der Waals surface area contributed by atoms with Crippen LogP contribution in [0.25, 0.3) is 9.88 Å². The Morgan fingerprint density at radius 1 is 1.55 bits per heavy atom. The van der Waals surface area contributed by atoms with Crippen LogP contribution in [0.5, 0.6) is 0 Å². The number of nitrogens with zero attached hydrogens (tertiary/aromatic N) is 2. The molecule has 1 atom stereocenters. The van der Waals surface area contributed by atoms with E-state index in [1.807, 2.05) is 17.5 Å². The van der Waals surface area contributed by atoms with Gasteiger partial charge in [0.25, 0.3) is 5.91 Å². The molecule has 2 aromatic heterocycles. The molecule has 0 radical (unpaired) electrons. The molecule has 3 rings (SSSR count). The van der Waals surface area contributed by atoms with E-state index in [-0.39, 0.29) is 18.6 Å². The van der Waals surface area contributed by atoms with Crippen LogP contribution in [-0.2, 0) is 4.74 Å². The third-order valence-corrected chi connectivity index (χ3v) is 5.04. The fourth-order valence-corrected chi connectivity index (χ4v) is 3.71. The van der Waals surface area contributed by atoms with Gasteiger partial charge in [0, 0.05) is 11.9 Å². The second kappa shape index (κ2) is 6.01. The fourth-order valence-electron chi connectivity index (χ4n) is 2.11. The minimum absolute atomic E-state index is 0.0896. The Morgan fingerprint density at radius 2 is 2.45 bits per heavy atom. The van der Waals surface area contributed by atoms with E-state index in [1.165, 1.54) is 11.3 Å². The summed E-state index contributed by atoms with van der Waals surface area (Å²) < 4.78 is 5.28. The molecule has 0 spiro atoms. The fraction of sp³-hybridized carbons (Fsp3) is 0.385. The second-order valence-corrected chi connectivity index (χ2v) is 6.23. The van der Waals surface area contributed by atoms with E-state index >= 15 is 0 Å². The van der Waals surface area contributed by atoms with Crippen molar-refractivity contribution >= 4 is 28.6 Å². The molecule has 1 fully saturated rings. The number of aliphatic hydroxyl groups excluding tert-OH is 1. The van der Waals surface area contributed by atoms with Gasteiger partial charge in [-0.05, 0) is 11.4 Å². The summed E-state index contributed by atoms with van der Waals surface area (Å²) in [6.45, 7) is 1.29. The van der Waals surface area contributed by atoms with Crippen LogP contribution in [0.1, 0.15) is 10.5 Å². The van der Waals surface area contributed by atoms with E-state index < -0.39 is 0 Å². The van der Waals surface area contributed by atoms with Gasteiger partial charge in [0.05, 0.1) is 30.7 Å². The van der Waals surface area contributed by atoms with Crippen LogP contribution in [0.4, 0.5) is 0 Å². The van der Waals surface area contributed by atoms with Crippen LogP contribution in [0.15, 0.2) is 22.9 Å². The van der Waals surface area contributed by atoms with Crippen molar-refractivity contribution in [2.75, 3.05) is 26.4 Å². The summed E-state index contributed by atoms with van der Waals surface area (Å²) >= 11 is 3.07.